The maximum Gasteiger partial charge on any atom is 0.191 e. The molecule has 0 atom stereocenters. The lowest BCUT2D eigenvalue weighted by Gasteiger charge is -2.33. The first-order valence-corrected chi connectivity index (χ1v) is 11.0. The van der Waals surface area contributed by atoms with Crippen LogP contribution in [0.4, 0.5) is 5.82 Å². The Hall–Kier alpha value is -2.12. The topological polar surface area (TPSA) is 55.8 Å². The minimum absolute atomic E-state index is 0.621. The molecule has 3 rings (SSSR count). The van der Waals surface area contributed by atoms with Gasteiger partial charge in [0.15, 0.2) is 5.96 Å². The van der Waals surface area contributed by atoms with E-state index in [1.54, 1.807) is 0 Å². The molecule has 1 aliphatic rings. The highest BCUT2D eigenvalue weighted by Crippen LogP contribution is 2.16. The standard InChI is InChI=1S/C21H32N6S/c1-4-18-7-8-19(28-18)16-25-21(22-5-2)24-15-17-6-9-20(23-14-17)27-12-10-26(3)11-13-27/h6-9,14H,4-5,10-13,15-16H2,1-3H3,(H2,22,24,25). The van der Waals surface area contributed by atoms with Crippen LogP contribution in [0.3, 0.4) is 0 Å². The van der Waals surface area contributed by atoms with E-state index in [1.807, 2.05) is 17.5 Å². The Labute approximate surface area is 172 Å². The number of nitrogens with zero attached hydrogens (tertiary/aromatic N) is 4. The van der Waals surface area contributed by atoms with E-state index in [0.29, 0.717) is 6.54 Å². The van der Waals surface area contributed by atoms with Gasteiger partial charge in [-0.3, -0.25) is 0 Å². The molecule has 7 heteroatoms. The molecule has 152 valence electrons. The molecule has 3 heterocycles. The van der Waals surface area contributed by atoms with Gasteiger partial charge >= 0.3 is 0 Å². The van der Waals surface area contributed by atoms with Crippen LogP contribution in [0.15, 0.2) is 35.5 Å². The Morgan fingerprint density at radius 2 is 1.86 bits per heavy atom. The van der Waals surface area contributed by atoms with Crippen LogP contribution in [0.1, 0.15) is 29.2 Å². The monoisotopic (exact) mass is 400 g/mol. The fourth-order valence-electron chi connectivity index (χ4n) is 3.12. The van der Waals surface area contributed by atoms with E-state index in [0.717, 1.165) is 63.0 Å². The smallest absolute Gasteiger partial charge is 0.191 e. The molecule has 1 saturated heterocycles. The zero-order valence-electron chi connectivity index (χ0n) is 17.2. The van der Waals surface area contributed by atoms with Crippen LogP contribution in [-0.4, -0.2) is 55.6 Å². The lowest BCUT2D eigenvalue weighted by molar-refractivity contribution is 0.312. The van der Waals surface area contributed by atoms with Gasteiger partial charge in [0.2, 0.25) is 0 Å². The van der Waals surface area contributed by atoms with E-state index in [1.165, 1.54) is 9.75 Å². The summed E-state index contributed by atoms with van der Waals surface area (Å²) in [5.74, 6) is 1.91. The second kappa shape index (κ2) is 10.4. The molecule has 0 aliphatic carbocycles. The highest BCUT2D eigenvalue weighted by Gasteiger charge is 2.14. The molecule has 0 amide bonds. The predicted octanol–water partition coefficient (Wildman–Crippen LogP) is 2.71. The number of piperazine rings is 1. The number of thiophene rings is 1. The number of hydrogen-bond donors (Lipinski definition) is 2. The molecule has 0 saturated carbocycles. The third kappa shape index (κ3) is 5.94. The summed E-state index contributed by atoms with van der Waals surface area (Å²) < 4.78 is 0. The van der Waals surface area contributed by atoms with Crippen LogP contribution in [0.5, 0.6) is 0 Å². The molecule has 6 nitrogen and oxygen atoms in total. The maximum absolute atomic E-state index is 4.72. The van der Waals surface area contributed by atoms with E-state index in [4.69, 9.17) is 4.99 Å². The number of aryl methyl sites for hydroxylation is 1. The van der Waals surface area contributed by atoms with Crippen molar-refractivity contribution in [2.24, 2.45) is 4.99 Å². The van der Waals surface area contributed by atoms with Crippen LogP contribution in [-0.2, 0) is 19.5 Å². The van der Waals surface area contributed by atoms with Crippen LogP contribution < -0.4 is 15.5 Å². The molecule has 2 aromatic rings. The zero-order chi connectivity index (χ0) is 19.8. The van der Waals surface area contributed by atoms with Crippen molar-refractivity contribution in [3.05, 3.63) is 45.8 Å². The minimum atomic E-state index is 0.621. The van der Waals surface area contributed by atoms with Crippen molar-refractivity contribution in [3.8, 4) is 0 Å². The Morgan fingerprint density at radius 1 is 1.07 bits per heavy atom. The molecule has 0 radical (unpaired) electrons. The Bertz CT molecular complexity index is 747. The number of likely N-dealkylation sites (N-methyl/N-ethyl adjacent to an activating group) is 1. The Balaban J connectivity index is 1.54. The van der Waals surface area contributed by atoms with E-state index in [-0.39, 0.29) is 0 Å². The highest BCUT2D eigenvalue weighted by molar-refractivity contribution is 7.11. The number of aliphatic imine (C=N–C) groups is 1. The van der Waals surface area contributed by atoms with Gasteiger partial charge in [-0.05, 0) is 44.2 Å². The van der Waals surface area contributed by atoms with Gasteiger partial charge in [0.05, 0.1) is 13.1 Å². The van der Waals surface area contributed by atoms with Gasteiger partial charge in [0.25, 0.3) is 0 Å². The van der Waals surface area contributed by atoms with Crippen molar-refractivity contribution in [1.29, 1.82) is 0 Å². The first-order chi connectivity index (χ1) is 13.7. The molecule has 2 aromatic heterocycles. The van der Waals surface area contributed by atoms with Gasteiger partial charge in [0, 0.05) is 48.7 Å². The van der Waals surface area contributed by atoms with Gasteiger partial charge in [-0.25, -0.2) is 9.98 Å². The summed E-state index contributed by atoms with van der Waals surface area (Å²) in [4.78, 5) is 16.8. The van der Waals surface area contributed by atoms with Crippen molar-refractivity contribution in [3.63, 3.8) is 0 Å². The quantitative estimate of drug-likeness (QED) is 0.553. The summed E-state index contributed by atoms with van der Waals surface area (Å²) in [5.41, 5.74) is 1.12. The number of pyridine rings is 1. The normalized spacial score (nSPS) is 15.7. The average Bonchev–Trinajstić information content (AvgIpc) is 3.19. The molecule has 2 N–H and O–H groups in total. The predicted molar refractivity (Wildman–Crippen MR) is 119 cm³/mol. The first-order valence-electron chi connectivity index (χ1n) is 10.2. The molecular formula is C21H32N6S. The second-order valence-electron chi connectivity index (χ2n) is 7.09. The van der Waals surface area contributed by atoms with E-state index >= 15 is 0 Å². The summed E-state index contributed by atoms with van der Waals surface area (Å²) >= 11 is 1.86. The fraction of sp³-hybridized carbons (Fsp3) is 0.524. The third-order valence-electron chi connectivity index (χ3n) is 4.90. The Morgan fingerprint density at radius 3 is 2.50 bits per heavy atom. The van der Waals surface area contributed by atoms with Gasteiger partial charge in [-0.2, -0.15) is 0 Å². The molecule has 0 bridgehead atoms. The molecule has 0 unspecified atom stereocenters. The minimum Gasteiger partial charge on any atom is -0.357 e. The van der Waals surface area contributed by atoms with Crippen LogP contribution >= 0.6 is 11.3 Å². The summed E-state index contributed by atoms with van der Waals surface area (Å²) in [6.45, 7) is 10.8. The number of nitrogens with one attached hydrogen (secondary N) is 2. The summed E-state index contributed by atoms with van der Waals surface area (Å²) in [5, 5.41) is 6.75. The first kappa shape index (κ1) is 20.6. The van der Waals surface area contributed by atoms with Crippen molar-refractivity contribution in [2.45, 2.75) is 33.4 Å². The molecule has 28 heavy (non-hydrogen) atoms. The molecular weight excluding hydrogens is 368 g/mol. The summed E-state index contributed by atoms with van der Waals surface area (Å²) in [6, 6.07) is 8.66. The number of aromatic nitrogens is 1. The number of anilines is 1. The van der Waals surface area contributed by atoms with Gasteiger partial charge in [-0.15, -0.1) is 11.3 Å². The summed E-state index contributed by atoms with van der Waals surface area (Å²) in [6.07, 6.45) is 3.05. The van der Waals surface area contributed by atoms with Crippen LogP contribution in [0.25, 0.3) is 0 Å². The number of rotatable bonds is 7. The second-order valence-corrected chi connectivity index (χ2v) is 8.34. The lowest BCUT2D eigenvalue weighted by Crippen LogP contribution is -2.44. The maximum atomic E-state index is 4.72. The van der Waals surface area contributed by atoms with Crippen LogP contribution in [0.2, 0.25) is 0 Å². The van der Waals surface area contributed by atoms with Crippen molar-refractivity contribution >= 4 is 23.1 Å². The van der Waals surface area contributed by atoms with Gasteiger partial charge < -0.3 is 20.4 Å². The highest BCUT2D eigenvalue weighted by atomic mass is 32.1. The van der Waals surface area contributed by atoms with Crippen molar-refractivity contribution in [1.82, 2.24) is 20.5 Å². The van der Waals surface area contributed by atoms with Crippen LogP contribution in [0, 0.1) is 0 Å². The fourth-order valence-corrected chi connectivity index (χ4v) is 4.02. The van der Waals surface area contributed by atoms with E-state index < -0.39 is 0 Å². The average molecular weight is 401 g/mol. The molecule has 0 aromatic carbocycles. The van der Waals surface area contributed by atoms with Crippen molar-refractivity contribution in [2.75, 3.05) is 44.7 Å². The lowest BCUT2D eigenvalue weighted by atomic mass is 10.2. The number of hydrogen-bond acceptors (Lipinski definition) is 5. The third-order valence-corrected chi connectivity index (χ3v) is 6.13. The Kier molecular flexibility index (Phi) is 7.68. The molecule has 1 fully saturated rings. The largest absolute Gasteiger partial charge is 0.357 e. The number of guanidine groups is 1. The van der Waals surface area contributed by atoms with E-state index in [9.17, 15) is 0 Å². The van der Waals surface area contributed by atoms with Crippen molar-refractivity contribution < 1.29 is 0 Å². The van der Waals surface area contributed by atoms with Gasteiger partial charge in [-0.1, -0.05) is 13.0 Å². The SMILES string of the molecule is CCNC(=NCc1ccc(N2CCN(C)CC2)nc1)NCc1ccc(CC)s1. The van der Waals surface area contributed by atoms with E-state index in [2.05, 4.69) is 70.6 Å². The molecule has 1 aliphatic heterocycles. The van der Waals surface area contributed by atoms with Gasteiger partial charge in [0.1, 0.15) is 5.82 Å². The zero-order valence-corrected chi connectivity index (χ0v) is 18.1. The summed E-state index contributed by atoms with van der Waals surface area (Å²) in [7, 11) is 2.17. The molecule has 0 spiro atoms.